The van der Waals surface area contributed by atoms with Crippen LogP contribution >= 0.6 is 35.3 Å². The number of hydrogen-bond donors (Lipinski definition) is 3. The molecule has 0 radical (unpaired) electrons. The van der Waals surface area contributed by atoms with E-state index in [-0.39, 0.29) is 29.9 Å². The number of aryl methyl sites for hydroxylation is 2. The molecule has 0 spiro atoms. The number of halogens is 1. The van der Waals surface area contributed by atoms with Gasteiger partial charge in [-0.3, -0.25) is 9.79 Å². The van der Waals surface area contributed by atoms with Crippen molar-refractivity contribution in [2.75, 3.05) is 13.6 Å². The summed E-state index contributed by atoms with van der Waals surface area (Å²) in [5.74, 6) is 0.648. The molecule has 8 heteroatoms. The van der Waals surface area contributed by atoms with Gasteiger partial charge < -0.3 is 16.0 Å². The molecule has 1 aromatic heterocycles. The summed E-state index contributed by atoms with van der Waals surface area (Å²) in [5.41, 5.74) is 2.76. The molecule has 1 heterocycles. The van der Waals surface area contributed by atoms with Crippen LogP contribution in [-0.4, -0.2) is 30.4 Å². The lowest BCUT2D eigenvalue weighted by atomic mass is 10.1. The number of aliphatic imine (C=N–C) groups is 1. The van der Waals surface area contributed by atoms with Crippen molar-refractivity contribution >= 4 is 47.2 Å². The number of thiazole rings is 1. The molecule has 0 atom stereocenters. The second-order valence-corrected chi connectivity index (χ2v) is 6.88. The first-order valence-electron chi connectivity index (χ1n) is 8.28. The van der Waals surface area contributed by atoms with E-state index in [0.717, 1.165) is 16.3 Å². The van der Waals surface area contributed by atoms with E-state index in [9.17, 15) is 4.79 Å². The van der Waals surface area contributed by atoms with Gasteiger partial charge in [-0.15, -0.1) is 35.3 Å². The second-order valence-electron chi connectivity index (χ2n) is 5.59. The van der Waals surface area contributed by atoms with Crippen LogP contribution in [0.5, 0.6) is 0 Å². The summed E-state index contributed by atoms with van der Waals surface area (Å²) in [6.07, 6.45) is 0. The number of nitrogens with one attached hydrogen (secondary N) is 3. The van der Waals surface area contributed by atoms with Crippen molar-refractivity contribution in [2.45, 2.75) is 33.9 Å². The van der Waals surface area contributed by atoms with Gasteiger partial charge in [0.05, 0.1) is 12.2 Å². The molecule has 0 aliphatic rings. The largest absolute Gasteiger partial charge is 0.352 e. The Labute approximate surface area is 175 Å². The Morgan fingerprint density at radius 1 is 1.19 bits per heavy atom. The average molecular weight is 487 g/mol. The normalized spacial score (nSPS) is 10.8. The highest BCUT2D eigenvalue weighted by Crippen LogP contribution is 2.15. The lowest BCUT2D eigenvalue weighted by Gasteiger charge is -2.11. The molecule has 1 aromatic carbocycles. The summed E-state index contributed by atoms with van der Waals surface area (Å²) >= 11 is 1.69. The molecule has 2 aromatic rings. The Morgan fingerprint density at radius 3 is 2.54 bits per heavy atom. The number of carbonyl (C=O) groups excluding carboxylic acids is 1. The molecule has 0 bridgehead atoms. The van der Waals surface area contributed by atoms with Crippen LogP contribution in [0.3, 0.4) is 0 Å². The van der Waals surface area contributed by atoms with E-state index in [4.69, 9.17) is 0 Å². The zero-order valence-corrected chi connectivity index (χ0v) is 18.7. The van der Waals surface area contributed by atoms with Gasteiger partial charge in [0.25, 0.3) is 5.91 Å². The van der Waals surface area contributed by atoms with Crippen molar-refractivity contribution < 1.29 is 4.79 Å². The number of aromatic nitrogens is 1. The van der Waals surface area contributed by atoms with Crippen molar-refractivity contribution in [1.82, 2.24) is 20.9 Å². The summed E-state index contributed by atoms with van der Waals surface area (Å²) < 4.78 is 0. The van der Waals surface area contributed by atoms with Gasteiger partial charge in [-0.05, 0) is 38.5 Å². The fraction of sp³-hybridized carbons (Fsp3) is 0.389. The number of carbonyl (C=O) groups is 1. The molecule has 0 aliphatic heterocycles. The van der Waals surface area contributed by atoms with Crippen LogP contribution in [0.25, 0.3) is 0 Å². The van der Waals surface area contributed by atoms with Crippen LogP contribution in [-0.2, 0) is 13.1 Å². The fourth-order valence-corrected chi connectivity index (χ4v) is 3.14. The quantitative estimate of drug-likeness (QED) is 0.333. The molecular weight excluding hydrogens is 461 g/mol. The van der Waals surface area contributed by atoms with Gasteiger partial charge >= 0.3 is 0 Å². The Kier molecular flexibility index (Phi) is 9.57. The molecule has 2 rings (SSSR count). The van der Waals surface area contributed by atoms with E-state index in [1.807, 2.05) is 38.1 Å². The first-order chi connectivity index (χ1) is 12.0. The van der Waals surface area contributed by atoms with Gasteiger partial charge in [0, 0.05) is 30.6 Å². The maximum absolute atomic E-state index is 11.9. The maximum atomic E-state index is 11.9. The molecule has 1 amide bonds. The van der Waals surface area contributed by atoms with E-state index in [1.165, 1.54) is 4.88 Å². The van der Waals surface area contributed by atoms with Crippen LogP contribution in [0.1, 0.15) is 38.4 Å². The highest BCUT2D eigenvalue weighted by molar-refractivity contribution is 14.0. The average Bonchev–Trinajstić information content (AvgIpc) is 2.93. The van der Waals surface area contributed by atoms with Gasteiger partial charge in [-0.2, -0.15) is 0 Å². The highest BCUT2D eigenvalue weighted by Gasteiger charge is 2.07. The molecule has 0 unspecified atom stereocenters. The zero-order chi connectivity index (χ0) is 18.2. The molecular formula is C18H26IN5OS. The Morgan fingerprint density at radius 2 is 1.92 bits per heavy atom. The lowest BCUT2D eigenvalue weighted by Crippen LogP contribution is -2.36. The van der Waals surface area contributed by atoms with Crippen LogP contribution in [0.2, 0.25) is 0 Å². The number of guanidine groups is 1. The fourth-order valence-electron chi connectivity index (χ4n) is 2.27. The van der Waals surface area contributed by atoms with Gasteiger partial charge in [0.1, 0.15) is 5.01 Å². The Hall–Kier alpha value is -1.68. The summed E-state index contributed by atoms with van der Waals surface area (Å²) in [6.45, 7) is 7.84. The minimum Gasteiger partial charge on any atom is -0.352 e. The Bertz CT molecular complexity index is 740. The molecule has 0 aliphatic carbocycles. The molecule has 142 valence electrons. The first-order valence-corrected chi connectivity index (χ1v) is 9.09. The zero-order valence-electron chi connectivity index (χ0n) is 15.5. The monoisotopic (exact) mass is 487 g/mol. The Balaban J connectivity index is 0.00000338. The summed E-state index contributed by atoms with van der Waals surface area (Å²) in [6, 6.07) is 7.57. The van der Waals surface area contributed by atoms with Crippen LogP contribution in [0, 0.1) is 13.8 Å². The molecule has 26 heavy (non-hydrogen) atoms. The highest BCUT2D eigenvalue weighted by atomic mass is 127. The first kappa shape index (κ1) is 22.4. The minimum absolute atomic E-state index is 0. The third-order valence-electron chi connectivity index (χ3n) is 3.69. The van der Waals surface area contributed by atoms with Crippen LogP contribution in [0.15, 0.2) is 29.3 Å². The number of hydrogen-bond acceptors (Lipinski definition) is 4. The van der Waals surface area contributed by atoms with E-state index in [2.05, 4.69) is 32.9 Å². The molecule has 6 nitrogen and oxygen atoms in total. The van der Waals surface area contributed by atoms with Gasteiger partial charge in [-0.25, -0.2) is 4.98 Å². The second kappa shape index (κ2) is 11.1. The van der Waals surface area contributed by atoms with Crippen molar-refractivity contribution in [3.8, 4) is 0 Å². The summed E-state index contributed by atoms with van der Waals surface area (Å²) in [5, 5.41) is 10.4. The lowest BCUT2D eigenvalue weighted by molar-refractivity contribution is 0.0955. The summed E-state index contributed by atoms with van der Waals surface area (Å²) in [4.78, 5) is 21.9. The predicted octanol–water partition coefficient (Wildman–Crippen LogP) is 2.99. The number of amides is 1. The minimum atomic E-state index is -0.0543. The third kappa shape index (κ3) is 6.56. The molecule has 3 N–H and O–H groups in total. The number of nitrogens with zero attached hydrogens (tertiary/aromatic N) is 2. The van der Waals surface area contributed by atoms with Gasteiger partial charge in [0.15, 0.2) is 5.96 Å². The number of benzene rings is 1. The molecule has 0 saturated heterocycles. The van der Waals surface area contributed by atoms with E-state index in [0.29, 0.717) is 31.2 Å². The van der Waals surface area contributed by atoms with E-state index < -0.39 is 0 Å². The van der Waals surface area contributed by atoms with Crippen molar-refractivity contribution in [3.63, 3.8) is 0 Å². The van der Waals surface area contributed by atoms with Gasteiger partial charge in [0.2, 0.25) is 0 Å². The topological polar surface area (TPSA) is 78.4 Å². The standard InChI is InChI=1S/C18H25N5OS.HI/c1-5-20-17(24)15-8-6-7-14(9-15)10-21-18(19-4)22-11-16-23-12(2)13(3)25-16;/h6-9H,5,10-11H2,1-4H3,(H,20,24)(H2,19,21,22);1H. The number of rotatable bonds is 6. The maximum Gasteiger partial charge on any atom is 0.251 e. The molecule has 0 fully saturated rings. The molecule has 0 saturated carbocycles. The smallest absolute Gasteiger partial charge is 0.251 e. The van der Waals surface area contributed by atoms with Crippen LogP contribution < -0.4 is 16.0 Å². The van der Waals surface area contributed by atoms with Crippen molar-refractivity contribution in [1.29, 1.82) is 0 Å². The van der Waals surface area contributed by atoms with Crippen molar-refractivity contribution in [3.05, 3.63) is 51.0 Å². The van der Waals surface area contributed by atoms with Crippen molar-refractivity contribution in [2.24, 2.45) is 4.99 Å². The third-order valence-corrected chi connectivity index (χ3v) is 4.76. The van der Waals surface area contributed by atoms with E-state index >= 15 is 0 Å². The van der Waals surface area contributed by atoms with Gasteiger partial charge in [-0.1, -0.05) is 12.1 Å². The van der Waals surface area contributed by atoms with Crippen LogP contribution in [0.4, 0.5) is 0 Å². The SMILES string of the molecule is CCNC(=O)c1cccc(CNC(=NC)NCc2nc(C)c(C)s2)c1.I. The van der Waals surface area contributed by atoms with E-state index in [1.54, 1.807) is 18.4 Å². The summed E-state index contributed by atoms with van der Waals surface area (Å²) in [7, 11) is 1.73. The predicted molar refractivity (Wildman–Crippen MR) is 118 cm³/mol.